The van der Waals surface area contributed by atoms with Crippen LogP contribution in [0.1, 0.15) is 5.56 Å². The second-order valence-electron chi connectivity index (χ2n) is 7.05. The standard InChI is InChI=1S/C18H20N8/c1-3-23-26(5-1)18-6-17(19-13-20-18)25-11-15-9-24(10-16(15)12-25)8-14-2-4-21-22-7-14/h1-7,13,15-16H,8-12H2. The lowest BCUT2D eigenvalue weighted by Crippen LogP contribution is -2.29. The van der Waals surface area contributed by atoms with Crippen LogP contribution >= 0.6 is 0 Å². The van der Waals surface area contributed by atoms with Gasteiger partial charge in [-0.05, 0) is 29.5 Å². The Hall–Kier alpha value is -2.87. The number of anilines is 1. The summed E-state index contributed by atoms with van der Waals surface area (Å²) in [5.74, 6) is 3.18. The van der Waals surface area contributed by atoms with E-state index in [0.717, 1.165) is 44.4 Å². The third-order valence-corrected chi connectivity index (χ3v) is 5.31. The minimum Gasteiger partial charge on any atom is -0.356 e. The Kier molecular flexibility index (Phi) is 3.82. The van der Waals surface area contributed by atoms with E-state index in [0.29, 0.717) is 11.8 Å². The van der Waals surface area contributed by atoms with Crippen LogP contribution in [0.2, 0.25) is 0 Å². The van der Waals surface area contributed by atoms with E-state index in [2.05, 4.69) is 35.1 Å². The average molecular weight is 348 g/mol. The van der Waals surface area contributed by atoms with Gasteiger partial charge in [-0.25, -0.2) is 14.6 Å². The zero-order valence-corrected chi connectivity index (χ0v) is 14.4. The van der Waals surface area contributed by atoms with Crippen LogP contribution in [-0.4, -0.2) is 61.0 Å². The summed E-state index contributed by atoms with van der Waals surface area (Å²) in [5, 5.41) is 12.1. The van der Waals surface area contributed by atoms with Crippen molar-refractivity contribution in [2.75, 3.05) is 31.1 Å². The van der Waals surface area contributed by atoms with Crippen molar-refractivity contribution in [3.8, 4) is 5.82 Å². The number of fused-ring (bicyclic) bond motifs is 1. The molecule has 2 atom stereocenters. The van der Waals surface area contributed by atoms with Gasteiger partial charge in [-0.1, -0.05) is 0 Å². The van der Waals surface area contributed by atoms with Crippen LogP contribution in [-0.2, 0) is 6.54 Å². The van der Waals surface area contributed by atoms with Gasteiger partial charge >= 0.3 is 0 Å². The van der Waals surface area contributed by atoms with Crippen LogP contribution in [0.25, 0.3) is 5.82 Å². The number of rotatable bonds is 4. The quantitative estimate of drug-likeness (QED) is 0.697. The molecular weight excluding hydrogens is 328 g/mol. The Morgan fingerprint density at radius 3 is 2.54 bits per heavy atom. The van der Waals surface area contributed by atoms with Crippen molar-refractivity contribution in [1.82, 2.24) is 34.8 Å². The predicted molar refractivity (Wildman–Crippen MR) is 95.7 cm³/mol. The monoisotopic (exact) mass is 348 g/mol. The van der Waals surface area contributed by atoms with Crippen molar-refractivity contribution in [2.24, 2.45) is 11.8 Å². The number of hydrogen-bond donors (Lipinski definition) is 0. The van der Waals surface area contributed by atoms with Crippen molar-refractivity contribution < 1.29 is 0 Å². The maximum Gasteiger partial charge on any atom is 0.158 e. The van der Waals surface area contributed by atoms with Gasteiger partial charge in [-0.2, -0.15) is 15.3 Å². The van der Waals surface area contributed by atoms with E-state index in [4.69, 9.17) is 0 Å². The highest BCUT2D eigenvalue weighted by Gasteiger charge is 2.40. The Balaban J connectivity index is 1.25. The Labute approximate surface area is 151 Å². The molecule has 5 rings (SSSR count). The summed E-state index contributed by atoms with van der Waals surface area (Å²) in [6.45, 7) is 5.30. The fourth-order valence-electron chi connectivity index (χ4n) is 4.12. The molecule has 5 heterocycles. The molecule has 3 aromatic rings. The third kappa shape index (κ3) is 2.92. The first-order valence-electron chi connectivity index (χ1n) is 8.90. The van der Waals surface area contributed by atoms with E-state index in [-0.39, 0.29) is 0 Å². The minimum atomic E-state index is 0.688. The fourth-order valence-corrected chi connectivity index (χ4v) is 4.12. The smallest absolute Gasteiger partial charge is 0.158 e. The van der Waals surface area contributed by atoms with E-state index >= 15 is 0 Å². The second-order valence-corrected chi connectivity index (χ2v) is 7.05. The van der Waals surface area contributed by atoms with Gasteiger partial charge in [0.05, 0.1) is 6.20 Å². The van der Waals surface area contributed by atoms with Crippen LogP contribution in [0.5, 0.6) is 0 Å². The molecule has 0 bridgehead atoms. The maximum absolute atomic E-state index is 4.49. The van der Waals surface area contributed by atoms with Gasteiger partial charge in [0.15, 0.2) is 5.82 Å². The van der Waals surface area contributed by atoms with Gasteiger partial charge in [-0.3, -0.25) is 4.90 Å². The van der Waals surface area contributed by atoms with Crippen molar-refractivity contribution in [1.29, 1.82) is 0 Å². The molecule has 0 amide bonds. The molecule has 2 unspecified atom stereocenters. The molecule has 8 heteroatoms. The molecule has 0 radical (unpaired) electrons. The SMILES string of the molecule is c1cnn(-c2cc(N3CC4CN(Cc5ccnnc5)CC4C3)ncn2)c1. The Bertz CT molecular complexity index is 852. The highest BCUT2D eigenvalue weighted by molar-refractivity contribution is 5.44. The summed E-state index contributed by atoms with van der Waals surface area (Å²) in [6, 6.07) is 5.97. The summed E-state index contributed by atoms with van der Waals surface area (Å²) in [5.41, 5.74) is 1.23. The van der Waals surface area contributed by atoms with E-state index in [9.17, 15) is 0 Å². The minimum absolute atomic E-state index is 0.688. The molecule has 26 heavy (non-hydrogen) atoms. The molecule has 2 aliphatic rings. The molecule has 0 aliphatic carbocycles. The number of nitrogens with zero attached hydrogens (tertiary/aromatic N) is 8. The summed E-state index contributed by atoms with van der Waals surface area (Å²) >= 11 is 0. The van der Waals surface area contributed by atoms with Crippen molar-refractivity contribution >= 4 is 5.82 Å². The molecule has 0 N–H and O–H groups in total. The molecule has 2 saturated heterocycles. The van der Waals surface area contributed by atoms with E-state index in [1.54, 1.807) is 23.4 Å². The molecular formula is C18H20N8. The Morgan fingerprint density at radius 2 is 1.81 bits per heavy atom. The molecule has 0 spiro atoms. The molecule has 132 valence electrons. The summed E-state index contributed by atoms with van der Waals surface area (Å²) in [4.78, 5) is 13.7. The number of likely N-dealkylation sites (tertiary alicyclic amines) is 1. The zero-order chi connectivity index (χ0) is 17.3. The van der Waals surface area contributed by atoms with Gasteiger partial charge in [0.25, 0.3) is 0 Å². The molecule has 8 nitrogen and oxygen atoms in total. The lowest BCUT2D eigenvalue weighted by molar-refractivity contribution is 0.308. The number of aromatic nitrogens is 6. The van der Waals surface area contributed by atoms with Crippen LogP contribution in [0, 0.1) is 11.8 Å². The lowest BCUT2D eigenvalue weighted by Gasteiger charge is -2.22. The van der Waals surface area contributed by atoms with Crippen molar-refractivity contribution in [3.63, 3.8) is 0 Å². The van der Waals surface area contributed by atoms with Gasteiger partial charge < -0.3 is 4.90 Å². The first-order valence-corrected chi connectivity index (χ1v) is 8.90. The van der Waals surface area contributed by atoms with Gasteiger partial charge in [-0.15, -0.1) is 0 Å². The first kappa shape index (κ1) is 15.4. The highest BCUT2D eigenvalue weighted by Crippen LogP contribution is 2.34. The molecule has 0 aromatic carbocycles. The fraction of sp³-hybridized carbons (Fsp3) is 0.389. The molecule has 3 aromatic heterocycles. The largest absolute Gasteiger partial charge is 0.356 e. The van der Waals surface area contributed by atoms with Gasteiger partial charge in [0.2, 0.25) is 0 Å². The predicted octanol–water partition coefficient (Wildman–Crippen LogP) is 1.02. The zero-order valence-electron chi connectivity index (χ0n) is 14.4. The third-order valence-electron chi connectivity index (χ3n) is 5.31. The average Bonchev–Trinajstić information content (AvgIpc) is 3.39. The van der Waals surface area contributed by atoms with E-state index in [1.807, 2.05) is 30.6 Å². The Morgan fingerprint density at radius 1 is 0.962 bits per heavy atom. The van der Waals surface area contributed by atoms with Crippen molar-refractivity contribution in [3.05, 3.63) is 54.9 Å². The van der Waals surface area contributed by atoms with Crippen LogP contribution in [0.15, 0.2) is 49.3 Å². The molecule has 2 fully saturated rings. The van der Waals surface area contributed by atoms with E-state index < -0.39 is 0 Å². The topological polar surface area (TPSA) is 75.9 Å². The highest BCUT2D eigenvalue weighted by atomic mass is 15.3. The summed E-state index contributed by atoms with van der Waals surface area (Å²) in [7, 11) is 0. The van der Waals surface area contributed by atoms with Crippen molar-refractivity contribution in [2.45, 2.75) is 6.54 Å². The maximum atomic E-state index is 4.49. The second kappa shape index (κ2) is 6.45. The van der Waals surface area contributed by atoms with Crippen LogP contribution in [0.4, 0.5) is 5.82 Å². The molecule has 0 saturated carbocycles. The van der Waals surface area contributed by atoms with Crippen LogP contribution < -0.4 is 4.90 Å². The van der Waals surface area contributed by atoms with Crippen LogP contribution in [0.3, 0.4) is 0 Å². The van der Waals surface area contributed by atoms with Gasteiger partial charge in [0.1, 0.15) is 12.1 Å². The van der Waals surface area contributed by atoms with Gasteiger partial charge in [0, 0.05) is 57.4 Å². The normalized spacial score (nSPS) is 22.7. The lowest BCUT2D eigenvalue weighted by atomic mass is 10.0. The number of hydrogen-bond acceptors (Lipinski definition) is 7. The summed E-state index contributed by atoms with van der Waals surface area (Å²) in [6.07, 6.45) is 8.91. The summed E-state index contributed by atoms with van der Waals surface area (Å²) < 4.78 is 1.77. The first-order chi connectivity index (χ1) is 12.8. The molecule has 2 aliphatic heterocycles. The van der Waals surface area contributed by atoms with E-state index in [1.165, 1.54) is 5.56 Å².